The molecule has 1 aliphatic heterocycles. The van der Waals surface area contributed by atoms with E-state index in [0.717, 1.165) is 49.9 Å². The van der Waals surface area contributed by atoms with Gasteiger partial charge in [0.1, 0.15) is 6.54 Å². The SMILES string of the molecule is CCNC(=NCc1cc(CC)no1)NC1CCCN(c2ccc(C)cc2)C1.I. The highest BCUT2D eigenvalue weighted by Crippen LogP contribution is 2.20. The topological polar surface area (TPSA) is 65.7 Å². The van der Waals surface area contributed by atoms with Gasteiger partial charge >= 0.3 is 0 Å². The summed E-state index contributed by atoms with van der Waals surface area (Å²) in [5.41, 5.74) is 3.56. The molecule has 6 nitrogen and oxygen atoms in total. The van der Waals surface area contributed by atoms with Gasteiger partial charge in [-0.1, -0.05) is 29.8 Å². The van der Waals surface area contributed by atoms with Gasteiger partial charge in [0.15, 0.2) is 11.7 Å². The van der Waals surface area contributed by atoms with Crippen LogP contribution in [0, 0.1) is 6.92 Å². The molecule has 1 aliphatic rings. The number of nitrogens with one attached hydrogen (secondary N) is 2. The Labute approximate surface area is 185 Å². The van der Waals surface area contributed by atoms with Gasteiger partial charge in [-0.3, -0.25) is 0 Å². The molecule has 28 heavy (non-hydrogen) atoms. The first-order valence-electron chi connectivity index (χ1n) is 9.98. The van der Waals surface area contributed by atoms with E-state index in [-0.39, 0.29) is 24.0 Å². The second-order valence-corrected chi connectivity index (χ2v) is 7.10. The van der Waals surface area contributed by atoms with Crippen molar-refractivity contribution in [2.75, 3.05) is 24.5 Å². The number of aliphatic imine (C=N–C) groups is 1. The largest absolute Gasteiger partial charge is 0.369 e. The number of aryl methyl sites for hydroxylation is 2. The summed E-state index contributed by atoms with van der Waals surface area (Å²) < 4.78 is 5.34. The Balaban J connectivity index is 0.00000280. The van der Waals surface area contributed by atoms with E-state index >= 15 is 0 Å². The molecule has 1 unspecified atom stereocenters. The molecule has 0 aliphatic carbocycles. The molecule has 0 radical (unpaired) electrons. The van der Waals surface area contributed by atoms with Gasteiger partial charge in [-0.15, -0.1) is 24.0 Å². The van der Waals surface area contributed by atoms with E-state index in [4.69, 9.17) is 4.52 Å². The molecule has 154 valence electrons. The summed E-state index contributed by atoms with van der Waals surface area (Å²) in [6.45, 7) is 9.69. The van der Waals surface area contributed by atoms with Crippen LogP contribution in [-0.4, -0.2) is 36.8 Å². The molecular formula is C21H32IN5O. The molecule has 0 bridgehead atoms. The normalized spacial score (nSPS) is 17.2. The monoisotopic (exact) mass is 497 g/mol. The number of rotatable bonds is 6. The van der Waals surface area contributed by atoms with Gasteiger partial charge in [-0.2, -0.15) is 0 Å². The molecule has 2 aromatic rings. The molecule has 1 atom stereocenters. The maximum Gasteiger partial charge on any atom is 0.191 e. The quantitative estimate of drug-likeness (QED) is 0.360. The third-order valence-electron chi connectivity index (χ3n) is 4.87. The van der Waals surface area contributed by atoms with Gasteiger partial charge in [0.05, 0.1) is 5.69 Å². The zero-order valence-corrected chi connectivity index (χ0v) is 19.4. The molecule has 1 saturated heterocycles. The molecule has 1 fully saturated rings. The van der Waals surface area contributed by atoms with Crippen LogP contribution in [0.25, 0.3) is 0 Å². The Morgan fingerprint density at radius 2 is 2.07 bits per heavy atom. The van der Waals surface area contributed by atoms with Crippen LogP contribution in [-0.2, 0) is 13.0 Å². The van der Waals surface area contributed by atoms with Gasteiger partial charge in [0.25, 0.3) is 0 Å². The smallest absolute Gasteiger partial charge is 0.191 e. The number of hydrogen-bond donors (Lipinski definition) is 2. The number of benzene rings is 1. The van der Waals surface area contributed by atoms with Crippen LogP contribution in [0.4, 0.5) is 5.69 Å². The lowest BCUT2D eigenvalue weighted by Gasteiger charge is -2.35. The maximum atomic E-state index is 5.34. The van der Waals surface area contributed by atoms with E-state index in [1.165, 1.54) is 17.7 Å². The summed E-state index contributed by atoms with van der Waals surface area (Å²) in [6.07, 6.45) is 3.20. The van der Waals surface area contributed by atoms with E-state index < -0.39 is 0 Å². The minimum absolute atomic E-state index is 0. The number of anilines is 1. The lowest BCUT2D eigenvalue weighted by molar-refractivity contribution is 0.379. The Hall–Kier alpha value is -1.77. The highest BCUT2D eigenvalue weighted by atomic mass is 127. The summed E-state index contributed by atoms with van der Waals surface area (Å²) in [7, 11) is 0. The van der Waals surface area contributed by atoms with Crippen LogP contribution in [0.2, 0.25) is 0 Å². The third kappa shape index (κ3) is 6.39. The predicted octanol–water partition coefficient (Wildman–Crippen LogP) is 3.89. The Morgan fingerprint density at radius 3 is 2.75 bits per heavy atom. The van der Waals surface area contributed by atoms with E-state index in [1.54, 1.807) is 0 Å². The molecule has 1 aromatic carbocycles. The van der Waals surface area contributed by atoms with Crippen LogP contribution >= 0.6 is 24.0 Å². The number of guanidine groups is 1. The van der Waals surface area contributed by atoms with Crippen molar-refractivity contribution in [2.45, 2.75) is 52.6 Å². The first kappa shape index (κ1) is 22.5. The predicted molar refractivity (Wildman–Crippen MR) is 126 cm³/mol. The average Bonchev–Trinajstić information content (AvgIpc) is 3.15. The van der Waals surface area contributed by atoms with Crippen molar-refractivity contribution in [1.82, 2.24) is 15.8 Å². The highest BCUT2D eigenvalue weighted by Gasteiger charge is 2.21. The molecule has 1 aromatic heterocycles. The minimum atomic E-state index is 0. The lowest BCUT2D eigenvalue weighted by Crippen LogP contribution is -2.51. The standard InChI is InChI=1S/C21H31N5O.HI/c1-4-17-13-20(27-25-17)14-23-21(22-5-2)24-18-7-6-12-26(15-18)19-10-8-16(3)9-11-19;/h8-11,13,18H,4-7,12,14-15H2,1-3H3,(H2,22,23,24);1H. The highest BCUT2D eigenvalue weighted by molar-refractivity contribution is 14.0. The van der Waals surface area contributed by atoms with E-state index in [1.807, 2.05) is 6.07 Å². The van der Waals surface area contributed by atoms with Crippen molar-refractivity contribution >= 4 is 35.6 Å². The summed E-state index contributed by atoms with van der Waals surface area (Å²) in [4.78, 5) is 7.13. The van der Waals surface area contributed by atoms with Crippen molar-refractivity contribution in [1.29, 1.82) is 0 Å². The van der Waals surface area contributed by atoms with Crippen LogP contribution in [0.15, 0.2) is 39.8 Å². The van der Waals surface area contributed by atoms with E-state index in [0.29, 0.717) is 12.6 Å². The van der Waals surface area contributed by atoms with Gasteiger partial charge in [0.2, 0.25) is 0 Å². The van der Waals surface area contributed by atoms with Crippen LogP contribution in [0.5, 0.6) is 0 Å². The van der Waals surface area contributed by atoms with Gasteiger partial charge in [0, 0.05) is 37.4 Å². The first-order valence-corrected chi connectivity index (χ1v) is 9.98. The molecule has 0 amide bonds. The molecular weight excluding hydrogens is 465 g/mol. The van der Waals surface area contributed by atoms with E-state index in [2.05, 4.69) is 70.7 Å². The molecule has 3 rings (SSSR count). The molecule has 0 spiro atoms. The second-order valence-electron chi connectivity index (χ2n) is 7.10. The van der Waals surface area contributed by atoms with Crippen LogP contribution in [0.3, 0.4) is 0 Å². The van der Waals surface area contributed by atoms with Crippen molar-refractivity contribution < 1.29 is 4.52 Å². The number of piperidine rings is 1. The Bertz CT molecular complexity index is 744. The van der Waals surface area contributed by atoms with Crippen molar-refractivity contribution in [2.24, 2.45) is 4.99 Å². The minimum Gasteiger partial charge on any atom is -0.369 e. The average molecular weight is 497 g/mol. The van der Waals surface area contributed by atoms with Crippen molar-refractivity contribution in [3.63, 3.8) is 0 Å². The van der Waals surface area contributed by atoms with Crippen molar-refractivity contribution in [3.8, 4) is 0 Å². The number of halogens is 1. The third-order valence-corrected chi connectivity index (χ3v) is 4.87. The fourth-order valence-electron chi connectivity index (χ4n) is 3.35. The van der Waals surface area contributed by atoms with Gasteiger partial charge < -0.3 is 20.1 Å². The zero-order valence-electron chi connectivity index (χ0n) is 17.1. The summed E-state index contributed by atoms with van der Waals surface area (Å²) in [5.74, 6) is 1.64. The number of hydrogen-bond acceptors (Lipinski definition) is 4. The summed E-state index contributed by atoms with van der Waals surface area (Å²) >= 11 is 0. The maximum absolute atomic E-state index is 5.34. The van der Waals surface area contributed by atoms with Crippen LogP contribution in [0.1, 0.15) is 43.7 Å². The Morgan fingerprint density at radius 1 is 1.29 bits per heavy atom. The zero-order chi connectivity index (χ0) is 19.1. The molecule has 0 saturated carbocycles. The van der Waals surface area contributed by atoms with Crippen molar-refractivity contribution in [3.05, 3.63) is 47.3 Å². The molecule has 2 N–H and O–H groups in total. The van der Waals surface area contributed by atoms with Gasteiger partial charge in [-0.25, -0.2) is 4.99 Å². The lowest BCUT2D eigenvalue weighted by atomic mass is 10.0. The summed E-state index contributed by atoms with van der Waals surface area (Å²) in [6, 6.07) is 11.1. The number of nitrogens with zero attached hydrogens (tertiary/aromatic N) is 3. The van der Waals surface area contributed by atoms with Gasteiger partial charge in [-0.05, 0) is 45.2 Å². The number of aromatic nitrogens is 1. The fraction of sp³-hybridized carbons (Fsp3) is 0.524. The van der Waals surface area contributed by atoms with E-state index in [9.17, 15) is 0 Å². The summed E-state index contributed by atoms with van der Waals surface area (Å²) in [5, 5.41) is 11.0. The van der Waals surface area contributed by atoms with Crippen LogP contribution < -0.4 is 15.5 Å². The Kier molecular flexibility index (Phi) is 9.08. The molecule has 2 heterocycles. The fourth-order valence-corrected chi connectivity index (χ4v) is 3.35. The first-order chi connectivity index (χ1) is 13.2. The molecule has 7 heteroatoms. The second kappa shape index (κ2) is 11.3.